The van der Waals surface area contributed by atoms with Gasteiger partial charge in [-0.1, -0.05) is 6.58 Å². The maximum Gasteiger partial charge on any atom is 0.0989 e. The highest BCUT2D eigenvalue weighted by Gasteiger charge is 2.34. The van der Waals surface area contributed by atoms with Crippen LogP contribution in [-0.2, 0) is 0 Å². The summed E-state index contributed by atoms with van der Waals surface area (Å²) in [6, 6.07) is 0. The predicted molar refractivity (Wildman–Crippen MR) is 41.9 cm³/mol. The van der Waals surface area contributed by atoms with E-state index in [0.717, 1.165) is 25.1 Å². The molecule has 1 aliphatic rings. The van der Waals surface area contributed by atoms with Crippen LogP contribution in [0.2, 0.25) is 0 Å². The van der Waals surface area contributed by atoms with E-state index < -0.39 is 5.60 Å². The van der Waals surface area contributed by atoms with Crippen LogP contribution in [0.5, 0.6) is 0 Å². The molecule has 0 aromatic rings. The molecular formula is C8H15NO. The Labute approximate surface area is 62.2 Å². The van der Waals surface area contributed by atoms with Gasteiger partial charge in [0.25, 0.3) is 0 Å². The first kappa shape index (κ1) is 7.76. The van der Waals surface area contributed by atoms with Crippen molar-refractivity contribution < 1.29 is 5.11 Å². The Kier molecular flexibility index (Phi) is 1.84. The molecule has 1 rings (SSSR count). The van der Waals surface area contributed by atoms with E-state index in [-0.39, 0.29) is 0 Å². The molecule has 1 heterocycles. The minimum Gasteiger partial charge on any atom is -0.384 e. The average Bonchev–Trinajstić information content (AvgIpc) is 2.13. The molecule has 0 spiro atoms. The molecule has 1 aliphatic heterocycles. The predicted octanol–water partition coefficient (Wildman–Crippen LogP) is 0.629. The molecular weight excluding hydrogens is 126 g/mol. The zero-order valence-corrected chi connectivity index (χ0v) is 6.72. The highest BCUT2D eigenvalue weighted by molar-refractivity contribution is 5.13. The number of β-amino-alcohol motifs (C(OH)–C–C–N with tert-alkyl or cyclic N) is 1. The van der Waals surface area contributed by atoms with Crippen molar-refractivity contribution in [3.63, 3.8) is 0 Å². The molecule has 1 saturated heterocycles. The number of hydrogen-bond donors (Lipinski definition) is 1. The van der Waals surface area contributed by atoms with Gasteiger partial charge in [-0.25, -0.2) is 0 Å². The van der Waals surface area contributed by atoms with Gasteiger partial charge in [0.05, 0.1) is 5.60 Å². The summed E-state index contributed by atoms with van der Waals surface area (Å²) < 4.78 is 0. The van der Waals surface area contributed by atoms with E-state index in [9.17, 15) is 5.11 Å². The third-order valence-corrected chi connectivity index (χ3v) is 2.23. The molecule has 0 amide bonds. The SMILES string of the molecule is C=C(C)C1(O)CCN(C)C1. The summed E-state index contributed by atoms with van der Waals surface area (Å²) in [5.74, 6) is 0. The first-order valence-corrected chi connectivity index (χ1v) is 3.61. The van der Waals surface area contributed by atoms with Gasteiger partial charge >= 0.3 is 0 Å². The average molecular weight is 141 g/mol. The zero-order chi connectivity index (χ0) is 7.78. The Balaban J connectivity index is 2.63. The zero-order valence-electron chi connectivity index (χ0n) is 6.72. The minimum atomic E-state index is -0.602. The van der Waals surface area contributed by atoms with Crippen molar-refractivity contribution in [1.29, 1.82) is 0 Å². The summed E-state index contributed by atoms with van der Waals surface area (Å²) in [4.78, 5) is 2.12. The van der Waals surface area contributed by atoms with Crippen LogP contribution < -0.4 is 0 Å². The first-order chi connectivity index (χ1) is 4.54. The van der Waals surface area contributed by atoms with Crippen LogP contribution in [0.3, 0.4) is 0 Å². The smallest absolute Gasteiger partial charge is 0.0989 e. The molecule has 0 radical (unpaired) electrons. The lowest BCUT2D eigenvalue weighted by atomic mass is 9.96. The Bertz CT molecular complexity index is 155. The molecule has 2 heteroatoms. The minimum absolute atomic E-state index is 0.602. The Hall–Kier alpha value is -0.340. The molecule has 0 aromatic heterocycles. The topological polar surface area (TPSA) is 23.5 Å². The number of hydrogen-bond acceptors (Lipinski definition) is 2. The lowest BCUT2D eigenvalue weighted by Crippen LogP contribution is -2.32. The van der Waals surface area contributed by atoms with Crippen LogP contribution in [0.25, 0.3) is 0 Å². The van der Waals surface area contributed by atoms with Crippen LogP contribution in [0.1, 0.15) is 13.3 Å². The van der Waals surface area contributed by atoms with Crippen molar-refractivity contribution in [3.8, 4) is 0 Å². The molecule has 1 atom stereocenters. The van der Waals surface area contributed by atoms with Gasteiger partial charge in [0, 0.05) is 13.1 Å². The molecule has 0 bridgehead atoms. The van der Waals surface area contributed by atoms with Gasteiger partial charge in [-0.3, -0.25) is 0 Å². The number of nitrogens with zero attached hydrogens (tertiary/aromatic N) is 1. The highest BCUT2D eigenvalue weighted by atomic mass is 16.3. The maximum absolute atomic E-state index is 9.80. The number of rotatable bonds is 1. The molecule has 1 N–H and O–H groups in total. The van der Waals surface area contributed by atoms with Crippen LogP contribution in [0, 0.1) is 0 Å². The van der Waals surface area contributed by atoms with E-state index in [0.29, 0.717) is 0 Å². The summed E-state index contributed by atoms with van der Waals surface area (Å²) in [5.41, 5.74) is 0.284. The van der Waals surface area contributed by atoms with Crippen LogP contribution in [0.4, 0.5) is 0 Å². The van der Waals surface area contributed by atoms with Crippen molar-refractivity contribution in [2.75, 3.05) is 20.1 Å². The second-order valence-corrected chi connectivity index (χ2v) is 3.30. The molecule has 0 aliphatic carbocycles. The molecule has 1 fully saturated rings. The van der Waals surface area contributed by atoms with Crippen molar-refractivity contribution in [2.24, 2.45) is 0 Å². The highest BCUT2D eigenvalue weighted by Crippen LogP contribution is 2.25. The van der Waals surface area contributed by atoms with Crippen molar-refractivity contribution in [3.05, 3.63) is 12.2 Å². The van der Waals surface area contributed by atoms with Gasteiger partial charge in [-0.05, 0) is 26.0 Å². The fourth-order valence-electron chi connectivity index (χ4n) is 1.33. The van der Waals surface area contributed by atoms with Crippen molar-refractivity contribution >= 4 is 0 Å². The van der Waals surface area contributed by atoms with E-state index in [1.807, 2.05) is 14.0 Å². The first-order valence-electron chi connectivity index (χ1n) is 3.61. The summed E-state index contributed by atoms with van der Waals surface area (Å²) in [7, 11) is 2.01. The number of aliphatic hydroxyl groups is 1. The monoisotopic (exact) mass is 141 g/mol. The van der Waals surface area contributed by atoms with E-state index >= 15 is 0 Å². The van der Waals surface area contributed by atoms with Gasteiger partial charge in [-0.2, -0.15) is 0 Å². The normalized spacial score (nSPS) is 34.7. The van der Waals surface area contributed by atoms with Gasteiger partial charge in [0.1, 0.15) is 0 Å². The second-order valence-electron chi connectivity index (χ2n) is 3.30. The summed E-state index contributed by atoms with van der Waals surface area (Å²) in [6.45, 7) is 7.37. The van der Waals surface area contributed by atoms with E-state index in [2.05, 4.69) is 11.5 Å². The number of likely N-dealkylation sites (N-methyl/N-ethyl adjacent to an activating group) is 1. The molecule has 2 nitrogen and oxygen atoms in total. The maximum atomic E-state index is 9.80. The molecule has 10 heavy (non-hydrogen) atoms. The van der Waals surface area contributed by atoms with Gasteiger partial charge in [-0.15, -0.1) is 0 Å². The lowest BCUT2D eigenvalue weighted by molar-refractivity contribution is 0.0900. The Morgan fingerprint density at radius 2 is 2.30 bits per heavy atom. The molecule has 1 unspecified atom stereocenters. The van der Waals surface area contributed by atoms with Crippen molar-refractivity contribution in [2.45, 2.75) is 18.9 Å². The molecule has 0 saturated carbocycles. The summed E-state index contributed by atoms with van der Waals surface area (Å²) in [6.07, 6.45) is 0.832. The van der Waals surface area contributed by atoms with Crippen LogP contribution in [0.15, 0.2) is 12.2 Å². The fourth-order valence-corrected chi connectivity index (χ4v) is 1.33. The Morgan fingerprint density at radius 3 is 2.50 bits per heavy atom. The largest absolute Gasteiger partial charge is 0.384 e. The quantitative estimate of drug-likeness (QED) is 0.541. The van der Waals surface area contributed by atoms with Gasteiger partial charge in [0.2, 0.25) is 0 Å². The van der Waals surface area contributed by atoms with Crippen molar-refractivity contribution in [1.82, 2.24) is 4.90 Å². The summed E-state index contributed by atoms with van der Waals surface area (Å²) >= 11 is 0. The standard InChI is InChI=1S/C8H15NO/c1-7(2)8(10)4-5-9(3)6-8/h10H,1,4-6H2,2-3H3. The van der Waals surface area contributed by atoms with E-state index in [1.165, 1.54) is 0 Å². The van der Waals surface area contributed by atoms with Crippen LogP contribution in [-0.4, -0.2) is 35.7 Å². The molecule has 58 valence electrons. The fraction of sp³-hybridized carbons (Fsp3) is 0.750. The van der Waals surface area contributed by atoms with Crippen LogP contribution >= 0.6 is 0 Å². The third kappa shape index (κ3) is 1.22. The molecule has 0 aromatic carbocycles. The number of likely N-dealkylation sites (tertiary alicyclic amines) is 1. The van der Waals surface area contributed by atoms with E-state index in [1.54, 1.807) is 0 Å². The van der Waals surface area contributed by atoms with Gasteiger partial charge < -0.3 is 10.0 Å². The Morgan fingerprint density at radius 1 is 1.70 bits per heavy atom. The lowest BCUT2D eigenvalue weighted by Gasteiger charge is -2.22. The van der Waals surface area contributed by atoms with Gasteiger partial charge in [0.15, 0.2) is 0 Å². The van der Waals surface area contributed by atoms with E-state index in [4.69, 9.17) is 0 Å². The third-order valence-electron chi connectivity index (χ3n) is 2.23. The summed E-state index contributed by atoms with van der Waals surface area (Å²) in [5, 5.41) is 9.80. The second kappa shape index (κ2) is 2.36.